The van der Waals surface area contributed by atoms with Crippen LogP contribution in [0, 0.1) is 5.92 Å². The second-order valence-electron chi connectivity index (χ2n) is 5.97. The Kier molecular flexibility index (Phi) is 8.55. The van der Waals surface area contributed by atoms with Crippen LogP contribution in [0.25, 0.3) is 0 Å². The number of amides is 1. The van der Waals surface area contributed by atoms with E-state index in [0.717, 1.165) is 12.8 Å². The van der Waals surface area contributed by atoms with Crippen molar-refractivity contribution in [3.63, 3.8) is 0 Å². The van der Waals surface area contributed by atoms with Gasteiger partial charge in [-0.1, -0.05) is 46.6 Å². The van der Waals surface area contributed by atoms with Gasteiger partial charge in [0.2, 0.25) is 10.0 Å². The summed E-state index contributed by atoms with van der Waals surface area (Å²) >= 11 is 0. The molecule has 0 saturated carbocycles. The van der Waals surface area contributed by atoms with Crippen molar-refractivity contribution in [1.29, 1.82) is 0 Å². The molecule has 0 aliphatic carbocycles. The molecule has 1 unspecified atom stereocenters. The van der Waals surface area contributed by atoms with Gasteiger partial charge in [-0.2, -0.15) is 4.31 Å². The molecule has 7 heteroatoms. The van der Waals surface area contributed by atoms with Gasteiger partial charge >= 0.3 is 0 Å². The third kappa shape index (κ3) is 5.52. The quantitative estimate of drug-likeness (QED) is 0.661. The number of nitrogens with zero attached hydrogens (tertiary/aromatic N) is 1. The summed E-state index contributed by atoms with van der Waals surface area (Å²) in [6.45, 7) is 8.45. The molecule has 0 fully saturated rings. The van der Waals surface area contributed by atoms with Gasteiger partial charge < -0.3 is 10.4 Å². The van der Waals surface area contributed by atoms with Gasteiger partial charge in [0, 0.05) is 25.2 Å². The van der Waals surface area contributed by atoms with Crippen LogP contribution in [0.2, 0.25) is 0 Å². The van der Waals surface area contributed by atoms with Crippen molar-refractivity contribution in [3.05, 3.63) is 29.8 Å². The number of carbonyl (C=O) groups is 1. The molecule has 1 aromatic carbocycles. The van der Waals surface area contributed by atoms with E-state index in [1.54, 1.807) is 26.0 Å². The van der Waals surface area contributed by atoms with Crippen molar-refractivity contribution < 1.29 is 18.3 Å². The Labute approximate surface area is 151 Å². The molecule has 0 saturated heterocycles. The first-order chi connectivity index (χ1) is 11.8. The van der Waals surface area contributed by atoms with Crippen LogP contribution in [-0.4, -0.2) is 49.5 Å². The largest absolute Gasteiger partial charge is 0.391 e. The van der Waals surface area contributed by atoms with Crippen LogP contribution < -0.4 is 5.32 Å². The maximum absolute atomic E-state index is 12.6. The van der Waals surface area contributed by atoms with Crippen LogP contribution in [0.15, 0.2) is 29.2 Å². The van der Waals surface area contributed by atoms with Gasteiger partial charge in [0.15, 0.2) is 0 Å². The highest BCUT2D eigenvalue weighted by Crippen LogP contribution is 2.17. The molecule has 1 amide bonds. The van der Waals surface area contributed by atoms with E-state index in [-0.39, 0.29) is 28.8 Å². The van der Waals surface area contributed by atoms with Crippen molar-refractivity contribution in [3.8, 4) is 0 Å². The number of hydrogen-bond donors (Lipinski definition) is 2. The summed E-state index contributed by atoms with van der Waals surface area (Å²) in [4.78, 5) is 12.4. The van der Waals surface area contributed by atoms with Crippen LogP contribution in [0.4, 0.5) is 0 Å². The molecule has 1 rings (SSSR count). The van der Waals surface area contributed by atoms with E-state index in [0.29, 0.717) is 13.1 Å². The number of nitrogens with one attached hydrogen (secondary N) is 1. The van der Waals surface area contributed by atoms with E-state index in [1.807, 2.05) is 13.8 Å². The van der Waals surface area contributed by atoms with Gasteiger partial charge in [-0.05, 0) is 24.1 Å². The van der Waals surface area contributed by atoms with E-state index in [4.69, 9.17) is 0 Å². The lowest BCUT2D eigenvalue weighted by Crippen LogP contribution is -2.36. The van der Waals surface area contributed by atoms with Gasteiger partial charge in [0.05, 0.1) is 11.0 Å². The SMILES string of the molecule is CCC(CC)C(O)CNC(=O)c1cccc(S(=O)(=O)N(CC)CC)c1. The first-order valence-electron chi connectivity index (χ1n) is 8.88. The Bertz CT molecular complexity index is 653. The van der Waals surface area contributed by atoms with E-state index < -0.39 is 16.1 Å². The molecule has 2 N–H and O–H groups in total. The highest BCUT2D eigenvalue weighted by atomic mass is 32.2. The molecule has 0 aliphatic rings. The second kappa shape index (κ2) is 9.89. The number of rotatable bonds is 10. The lowest BCUT2D eigenvalue weighted by Gasteiger charge is -2.20. The van der Waals surface area contributed by atoms with Gasteiger partial charge in [-0.15, -0.1) is 0 Å². The Morgan fingerprint density at radius 1 is 1.16 bits per heavy atom. The van der Waals surface area contributed by atoms with Crippen molar-refractivity contribution >= 4 is 15.9 Å². The fraction of sp³-hybridized carbons (Fsp3) is 0.611. The Morgan fingerprint density at radius 2 is 1.76 bits per heavy atom. The molecule has 0 radical (unpaired) electrons. The van der Waals surface area contributed by atoms with Crippen molar-refractivity contribution in [1.82, 2.24) is 9.62 Å². The molecule has 0 heterocycles. The Hall–Kier alpha value is -1.44. The van der Waals surface area contributed by atoms with Crippen LogP contribution in [0.1, 0.15) is 50.9 Å². The fourth-order valence-electron chi connectivity index (χ4n) is 2.81. The zero-order valence-electron chi connectivity index (χ0n) is 15.5. The van der Waals surface area contributed by atoms with Crippen LogP contribution in [0.5, 0.6) is 0 Å². The predicted octanol–water partition coefficient (Wildman–Crippen LogP) is 2.24. The van der Waals surface area contributed by atoms with Gasteiger partial charge in [-0.3, -0.25) is 4.79 Å². The molecule has 0 aliphatic heterocycles. The molecule has 6 nitrogen and oxygen atoms in total. The number of sulfonamides is 1. The molecule has 25 heavy (non-hydrogen) atoms. The predicted molar refractivity (Wildman–Crippen MR) is 99.0 cm³/mol. The summed E-state index contributed by atoms with van der Waals surface area (Å²) in [7, 11) is -3.61. The summed E-state index contributed by atoms with van der Waals surface area (Å²) in [6, 6.07) is 6.00. The van der Waals surface area contributed by atoms with Gasteiger partial charge in [-0.25, -0.2) is 8.42 Å². The van der Waals surface area contributed by atoms with Crippen molar-refractivity contribution in [2.75, 3.05) is 19.6 Å². The number of aliphatic hydroxyl groups excluding tert-OH is 1. The van der Waals surface area contributed by atoms with E-state index in [9.17, 15) is 18.3 Å². The van der Waals surface area contributed by atoms with E-state index >= 15 is 0 Å². The summed E-state index contributed by atoms with van der Waals surface area (Å²) in [6.07, 6.45) is 1.07. The molecule has 0 bridgehead atoms. The summed E-state index contributed by atoms with van der Waals surface area (Å²) in [5.74, 6) is -0.253. The molecule has 1 atom stereocenters. The standard InChI is InChI=1S/C18H30N2O4S/c1-5-14(6-2)17(21)13-19-18(22)15-10-9-11-16(12-15)25(23,24)20(7-3)8-4/h9-12,14,17,21H,5-8,13H2,1-4H3,(H,19,22). The third-order valence-electron chi connectivity index (χ3n) is 4.50. The Morgan fingerprint density at radius 3 is 2.28 bits per heavy atom. The van der Waals surface area contributed by atoms with Crippen LogP contribution >= 0.6 is 0 Å². The van der Waals surface area contributed by atoms with Crippen molar-refractivity contribution in [2.24, 2.45) is 5.92 Å². The fourth-order valence-corrected chi connectivity index (χ4v) is 4.31. The molecule has 0 spiro atoms. The zero-order valence-corrected chi connectivity index (χ0v) is 16.3. The first kappa shape index (κ1) is 21.6. The number of aliphatic hydroxyl groups is 1. The number of hydrogen-bond acceptors (Lipinski definition) is 4. The summed E-state index contributed by atoms with van der Waals surface area (Å²) < 4.78 is 26.5. The zero-order chi connectivity index (χ0) is 19.0. The average Bonchev–Trinajstić information content (AvgIpc) is 2.61. The number of benzene rings is 1. The topological polar surface area (TPSA) is 86.7 Å². The average molecular weight is 371 g/mol. The third-order valence-corrected chi connectivity index (χ3v) is 6.55. The number of carbonyl (C=O) groups excluding carboxylic acids is 1. The summed E-state index contributed by atoms with van der Waals surface area (Å²) in [5.41, 5.74) is 0.268. The van der Waals surface area contributed by atoms with Crippen LogP contribution in [-0.2, 0) is 10.0 Å². The smallest absolute Gasteiger partial charge is 0.251 e. The van der Waals surface area contributed by atoms with Gasteiger partial charge in [0.25, 0.3) is 5.91 Å². The molecule has 142 valence electrons. The normalized spacial score (nSPS) is 13.2. The lowest BCUT2D eigenvalue weighted by molar-refractivity contribution is 0.0816. The molecular weight excluding hydrogens is 340 g/mol. The Balaban J connectivity index is 2.89. The van der Waals surface area contributed by atoms with Crippen molar-refractivity contribution in [2.45, 2.75) is 51.5 Å². The van der Waals surface area contributed by atoms with Gasteiger partial charge in [0.1, 0.15) is 0 Å². The summed E-state index contributed by atoms with van der Waals surface area (Å²) in [5, 5.41) is 12.8. The maximum Gasteiger partial charge on any atom is 0.251 e. The first-order valence-corrected chi connectivity index (χ1v) is 10.3. The molecule has 1 aromatic rings. The molecule has 0 aromatic heterocycles. The lowest BCUT2D eigenvalue weighted by atomic mass is 9.96. The highest BCUT2D eigenvalue weighted by Gasteiger charge is 2.23. The van der Waals surface area contributed by atoms with E-state index in [1.165, 1.54) is 16.4 Å². The minimum atomic E-state index is -3.61. The maximum atomic E-state index is 12.6. The monoisotopic (exact) mass is 370 g/mol. The highest BCUT2D eigenvalue weighted by molar-refractivity contribution is 7.89. The minimum absolute atomic E-state index is 0.101. The van der Waals surface area contributed by atoms with Crippen LogP contribution in [0.3, 0.4) is 0 Å². The molecular formula is C18H30N2O4S. The minimum Gasteiger partial charge on any atom is -0.391 e. The second-order valence-corrected chi connectivity index (χ2v) is 7.91. The van der Waals surface area contributed by atoms with E-state index in [2.05, 4.69) is 5.32 Å².